The number of primary amides is 2. The number of nitrogens with zero attached hydrogens (tertiary/aromatic N) is 3. The van der Waals surface area contributed by atoms with E-state index in [1.54, 1.807) is 13.0 Å². The molecule has 0 aliphatic carbocycles. The molecule has 0 fully saturated rings. The number of halogens is 3. The van der Waals surface area contributed by atoms with E-state index in [2.05, 4.69) is 15.3 Å². The fourth-order valence-corrected chi connectivity index (χ4v) is 4.06. The third kappa shape index (κ3) is 5.40. The number of fused-ring (bicyclic) bond motifs is 1. The predicted molar refractivity (Wildman–Crippen MR) is 130 cm³/mol. The van der Waals surface area contributed by atoms with E-state index in [9.17, 15) is 22.8 Å². The second-order valence-corrected chi connectivity index (χ2v) is 8.59. The van der Waals surface area contributed by atoms with Crippen molar-refractivity contribution in [3.63, 3.8) is 0 Å². The summed E-state index contributed by atoms with van der Waals surface area (Å²) < 4.78 is 39.0. The molecule has 0 saturated carbocycles. The molecule has 0 saturated heterocycles. The topological polar surface area (TPSA) is 127 Å². The van der Waals surface area contributed by atoms with Crippen LogP contribution in [0.2, 0.25) is 0 Å². The van der Waals surface area contributed by atoms with Crippen molar-refractivity contribution in [3.05, 3.63) is 65.4 Å². The first-order valence-electron chi connectivity index (χ1n) is 11.4. The van der Waals surface area contributed by atoms with Crippen LogP contribution in [0.4, 0.5) is 30.4 Å². The summed E-state index contributed by atoms with van der Waals surface area (Å²) in [6.07, 6.45) is -1.90. The minimum absolute atomic E-state index is 0.0273. The summed E-state index contributed by atoms with van der Waals surface area (Å²) in [5, 5.41) is 2.84. The average Bonchev–Trinajstić information content (AvgIpc) is 3.05. The summed E-state index contributed by atoms with van der Waals surface area (Å²) in [6, 6.07) is 11.3. The number of anilines is 3. The van der Waals surface area contributed by atoms with Gasteiger partial charge in [-0.05, 0) is 74.2 Å². The number of nitrogens with two attached hydrogens (primary N) is 2. The van der Waals surface area contributed by atoms with Gasteiger partial charge in [0.2, 0.25) is 5.91 Å². The summed E-state index contributed by atoms with van der Waals surface area (Å²) in [7, 11) is 0. The first-order valence-corrected chi connectivity index (χ1v) is 11.4. The van der Waals surface area contributed by atoms with Gasteiger partial charge in [0.1, 0.15) is 17.6 Å². The van der Waals surface area contributed by atoms with Crippen LogP contribution in [0.1, 0.15) is 41.4 Å². The van der Waals surface area contributed by atoms with Gasteiger partial charge >= 0.3 is 6.18 Å². The van der Waals surface area contributed by atoms with Gasteiger partial charge in [0.05, 0.1) is 5.56 Å². The highest BCUT2D eigenvalue weighted by molar-refractivity contribution is 5.92. The van der Waals surface area contributed by atoms with Gasteiger partial charge < -0.3 is 21.7 Å². The van der Waals surface area contributed by atoms with Crippen LogP contribution in [0.25, 0.3) is 11.4 Å². The Hall–Kier alpha value is -4.15. The molecule has 2 heterocycles. The number of carbonyl (C=O) groups is 2. The Bertz CT molecular complexity index is 1290. The minimum Gasteiger partial charge on any atom is -0.368 e. The van der Waals surface area contributed by atoms with Crippen LogP contribution >= 0.6 is 0 Å². The molecule has 36 heavy (non-hydrogen) atoms. The normalized spacial score (nSPS) is 14.5. The Morgan fingerprint density at radius 2 is 1.75 bits per heavy atom. The van der Waals surface area contributed by atoms with Crippen molar-refractivity contribution < 1.29 is 22.8 Å². The summed E-state index contributed by atoms with van der Waals surface area (Å²) in [5.41, 5.74) is 13.2. The van der Waals surface area contributed by atoms with Gasteiger partial charge in [-0.1, -0.05) is 0 Å². The highest BCUT2D eigenvalue weighted by Crippen LogP contribution is 2.37. The maximum Gasteiger partial charge on any atom is 0.416 e. The lowest BCUT2D eigenvalue weighted by Crippen LogP contribution is -2.33. The van der Waals surface area contributed by atoms with Crippen molar-refractivity contribution in [2.45, 2.75) is 38.4 Å². The van der Waals surface area contributed by atoms with Crippen molar-refractivity contribution in [1.29, 1.82) is 0 Å². The Kier molecular flexibility index (Phi) is 6.82. The van der Waals surface area contributed by atoms with E-state index in [1.165, 1.54) is 18.2 Å². The molecule has 3 aromatic rings. The molecule has 0 radical (unpaired) electrons. The molecular formula is C25H25F3N6O2. The first kappa shape index (κ1) is 25.0. The highest BCUT2D eigenvalue weighted by atomic mass is 19.4. The van der Waals surface area contributed by atoms with Gasteiger partial charge in [-0.15, -0.1) is 0 Å². The molecule has 188 valence electrons. The predicted octanol–water partition coefficient (Wildman–Crippen LogP) is 4.02. The summed E-state index contributed by atoms with van der Waals surface area (Å²) in [5.74, 6) is -0.888. The number of benzene rings is 2. The number of hydrogen-bond acceptors (Lipinski definition) is 6. The maximum atomic E-state index is 13.0. The molecule has 0 spiro atoms. The van der Waals surface area contributed by atoms with Crippen molar-refractivity contribution in [2.75, 3.05) is 16.8 Å². The van der Waals surface area contributed by atoms with Crippen LogP contribution in [0.3, 0.4) is 0 Å². The first-order chi connectivity index (χ1) is 17.0. The Morgan fingerprint density at radius 1 is 1.03 bits per heavy atom. The third-order valence-corrected chi connectivity index (χ3v) is 5.98. The molecule has 8 nitrogen and oxygen atoms in total. The molecule has 1 unspecified atom stereocenters. The standard InChI is InChI=1S/C25H25F3N6O2/c1-14(22(29)35)31-21-13-19(23(30)36)32-24(33-21)16-5-10-20-15(12-16)4-2-3-11-34(20)18-8-6-17(7-9-18)25(26,27)28/h5-10,12-14H,2-4,11H2,1H3,(H2,29,35)(H2,30,36)(H,31,32,33). The van der Waals surface area contributed by atoms with E-state index in [0.717, 1.165) is 42.6 Å². The lowest BCUT2D eigenvalue weighted by molar-refractivity contribution is -0.137. The quantitative estimate of drug-likeness (QED) is 0.471. The van der Waals surface area contributed by atoms with Crippen molar-refractivity contribution in [1.82, 2.24) is 9.97 Å². The molecular weight excluding hydrogens is 473 g/mol. The number of rotatable bonds is 6. The van der Waals surface area contributed by atoms with E-state index in [0.29, 0.717) is 17.8 Å². The molecule has 4 rings (SSSR count). The molecule has 0 bridgehead atoms. The van der Waals surface area contributed by atoms with Gasteiger partial charge in [-0.3, -0.25) is 9.59 Å². The fourth-order valence-electron chi connectivity index (χ4n) is 4.06. The molecule has 1 aromatic heterocycles. The SMILES string of the molecule is CC(Nc1cc(C(N)=O)nc(-c2ccc3c(c2)CCCCN3c2ccc(C(F)(F)F)cc2)n1)C(N)=O. The van der Waals surface area contributed by atoms with Gasteiger partial charge in [0.15, 0.2) is 5.82 Å². The number of aromatic nitrogens is 2. The zero-order chi connectivity index (χ0) is 26.0. The number of amides is 2. The van der Waals surface area contributed by atoms with Crippen LogP contribution in [-0.2, 0) is 17.4 Å². The van der Waals surface area contributed by atoms with Crippen LogP contribution < -0.4 is 21.7 Å². The zero-order valence-electron chi connectivity index (χ0n) is 19.5. The Balaban J connectivity index is 1.71. The molecule has 1 aliphatic heterocycles. The lowest BCUT2D eigenvalue weighted by Gasteiger charge is -2.26. The lowest BCUT2D eigenvalue weighted by atomic mass is 10.0. The van der Waals surface area contributed by atoms with Crippen LogP contribution in [0.5, 0.6) is 0 Å². The minimum atomic E-state index is -4.40. The van der Waals surface area contributed by atoms with Crippen LogP contribution in [-0.4, -0.2) is 34.4 Å². The van der Waals surface area contributed by atoms with Gasteiger partial charge in [-0.25, -0.2) is 9.97 Å². The number of hydrogen-bond donors (Lipinski definition) is 3. The maximum absolute atomic E-state index is 13.0. The van der Waals surface area contributed by atoms with E-state index >= 15 is 0 Å². The molecule has 2 aromatic carbocycles. The van der Waals surface area contributed by atoms with Gasteiger partial charge in [-0.2, -0.15) is 13.2 Å². The molecule has 2 amide bonds. The molecule has 11 heteroatoms. The largest absolute Gasteiger partial charge is 0.416 e. The monoisotopic (exact) mass is 498 g/mol. The van der Waals surface area contributed by atoms with Crippen LogP contribution in [0.15, 0.2) is 48.5 Å². The second-order valence-electron chi connectivity index (χ2n) is 8.59. The third-order valence-electron chi connectivity index (χ3n) is 5.98. The summed E-state index contributed by atoms with van der Waals surface area (Å²) >= 11 is 0. The Labute approximate surface area is 205 Å². The summed E-state index contributed by atoms with van der Waals surface area (Å²) in [6.45, 7) is 2.22. The fraction of sp³-hybridized carbons (Fsp3) is 0.280. The summed E-state index contributed by atoms with van der Waals surface area (Å²) in [4.78, 5) is 34.0. The van der Waals surface area contributed by atoms with Crippen molar-refractivity contribution in [3.8, 4) is 11.4 Å². The van der Waals surface area contributed by atoms with Crippen molar-refractivity contribution >= 4 is 29.0 Å². The smallest absolute Gasteiger partial charge is 0.368 e. The zero-order valence-corrected chi connectivity index (χ0v) is 19.5. The van der Waals surface area contributed by atoms with Gasteiger partial charge in [0, 0.05) is 29.5 Å². The molecule has 1 aliphatic rings. The van der Waals surface area contributed by atoms with E-state index in [1.807, 2.05) is 17.0 Å². The molecule has 5 N–H and O–H groups in total. The average molecular weight is 499 g/mol. The van der Waals surface area contributed by atoms with E-state index in [4.69, 9.17) is 11.5 Å². The number of alkyl halides is 3. The Morgan fingerprint density at radius 3 is 2.39 bits per heavy atom. The van der Waals surface area contributed by atoms with E-state index in [-0.39, 0.29) is 17.3 Å². The number of aryl methyl sites for hydroxylation is 1. The van der Waals surface area contributed by atoms with E-state index < -0.39 is 29.6 Å². The number of carbonyl (C=O) groups excluding carboxylic acids is 2. The number of nitrogens with one attached hydrogen (secondary N) is 1. The highest BCUT2D eigenvalue weighted by Gasteiger charge is 2.30. The van der Waals surface area contributed by atoms with Gasteiger partial charge in [0.25, 0.3) is 5.91 Å². The van der Waals surface area contributed by atoms with Crippen molar-refractivity contribution in [2.24, 2.45) is 11.5 Å². The second kappa shape index (κ2) is 9.84. The van der Waals surface area contributed by atoms with Crippen LogP contribution in [0, 0.1) is 0 Å². The molecule has 1 atom stereocenters.